The molecule has 1 N–H and O–H groups in total. The van der Waals surface area contributed by atoms with Gasteiger partial charge in [-0.05, 0) is 64.5 Å². The van der Waals surface area contributed by atoms with Crippen LogP contribution < -0.4 is 0 Å². The minimum absolute atomic E-state index is 0.151. The Kier molecular flexibility index (Phi) is 5.72. The predicted octanol–water partition coefficient (Wildman–Crippen LogP) is 2.13. The Balaban J connectivity index is 1.54. The van der Waals surface area contributed by atoms with E-state index in [1.54, 1.807) is 0 Å². The summed E-state index contributed by atoms with van der Waals surface area (Å²) in [7, 11) is 0. The highest BCUT2D eigenvalue weighted by molar-refractivity contribution is 5.24. The van der Waals surface area contributed by atoms with Crippen LogP contribution in [-0.4, -0.2) is 52.7 Å². The largest absolute Gasteiger partial charge is 0.394 e. The summed E-state index contributed by atoms with van der Waals surface area (Å²) in [5, 5.41) is 13.7. The van der Waals surface area contributed by atoms with E-state index in [0.29, 0.717) is 6.54 Å². The van der Waals surface area contributed by atoms with Crippen molar-refractivity contribution in [2.45, 2.75) is 52.6 Å². The van der Waals surface area contributed by atoms with Crippen LogP contribution in [0.15, 0.2) is 0 Å². The molecule has 0 spiro atoms. The molecule has 5 nitrogen and oxygen atoms in total. The van der Waals surface area contributed by atoms with Crippen LogP contribution in [0.4, 0.5) is 0 Å². The van der Waals surface area contributed by atoms with E-state index in [0.717, 1.165) is 37.3 Å². The van der Waals surface area contributed by atoms with E-state index in [4.69, 9.17) is 9.84 Å². The Bertz CT molecular complexity index is 501. The van der Waals surface area contributed by atoms with Crippen LogP contribution >= 0.6 is 0 Å². The lowest BCUT2D eigenvalue weighted by molar-refractivity contribution is 0.0295. The second kappa shape index (κ2) is 7.77. The summed E-state index contributed by atoms with van der Waals surface area (Å²) in [5.74, 6) is 1.79. The molecule has 1 aromatic rings. The Labute approximate surface area is 139 Å². The van der Waals surface area contributed by atoms with E-state index in [-0.39, 0.29) is 6.61 Å². The highest BCUT2D eigenvalue weighted by Gasteiger charge is 2.28. The highest BCUT2D eigenvalue weighted by atomic mass is 16.5. The molecular weight excluding hydrogens is 290 g/mol. The molecule has 1 aromatic heterocycles. The van der Waals surface area contributed by atoms with E-state index >= 15 is 0 Å². The number of rotatable bonds is 5. The Hall–Kier alpha value is -0.910. The van der Waals surface area contributed by atoms with E-state index in [9.17, 15) is 0 Å². The number of nitrogens with zero attached hydrogens (tertiary/aromatic N) is 3. The lowest BCUT2D eigenvalue weighted by Crippen LogP contribution is -2.37. The van der Waals surface area contributed by atoms with Gasteiger partial charge in [-0.1, -0.05) is 0 Å². The fourth-order valence-electron chi connectivity index (χ4n) is 4.27. The maximum absolute atomic E-state index is 9.14. The van der Waals surface area contributed by atoms with Gasteiger partial charge in [-0.3, -0.25) is 9.58 Å². The molecule has 130 valence electrons. The summed E-state index contributed by atoms with van der Waals surface area (Å²) in [6.07, 6.45) is 5.18. The van der Waals surface area contributed by atoms with E-state index in [2.05, 4.69) is 23.8 Å². The monoisotopic (exact) mass is 321 g/mol. The summed E-state index contributed by atoms with van der Waals surface area (Å²) >= 11 is 0. The van der Waals surface area contributed by atoms with Crippen LogP contribution in [0.1, 0.15) is 42.6 Å². The molecule has 2 fully saturated rings. The molecular formula is C18H31N3O2. The third-order valence-electron chi connectivity index (χ3n) is 5.79. The molecule has 5 heteroatoms. The fraction of sp³-hybridized carbons (Fsp3) is 0.833. The van der Waals surface area contributed by atoms with Crippen LogP contribution in [0.3, 0.4) is 0 Å². The van der Waals surface area contributed by atoms with Crippen LogP contribution in [0.5, 0.6) is 0 Å². The Morgan fingerprint density at radius 3 is 2.39 bits per heavy atom. The lowest BCUT2D eigenvalue weighted by atomic mass is 9.80. The van der Waals surface area contributed by atoms with Gasteiger partial charge >= 0.3 is 0 Å². The standard InChI is InChI=1S/C18H31N3O2/c1-14-18(15(2)21(19-14)9-10-22)13-20-7-3-16(4-8-20)17-5-11-23-12-6-17/h16-17,22H,3-13H2,1-2H3. The predicted molar refractivity (Wildman–Crippen MR) is 90.3 cm³/mol. The van der Waals surface area contributed by atoms with Gasteiger partial charge in [0.2, 0.25) is 0 Å². The molecule has 0 atom stereocenters. The van der Waals surface area contributed by atoms with Crippen molar-refractivity contribution in [3.8, 4) is 0 Å². The zero-order valence-electron chi connectivity index (χ0n) is 14.6. The zero-order valence-corrected chi connectivity index (χ0v) is 14.6. The average molecular weight is 321 g/mol. The van der Waals surface area contributed by atoms with Crippen LogP contribution in [-0.2, 0) is 17.8 Å². The van der Waals surface area contributed by atoms with Gasteiger partial charge in [0.25, 0.3) is 0 Å². The summed E-state index contributed by atoms with van der Waals surface area (Å²) in [6.45, 7) is 10.3. The third-order valence-corrected chi connectivity index (χ3v) is 5.79. The molecule has 2 aliphatic rings. The van der Waals surface area contributed by atoms with Crippen LogP contribution in [0, 0.1) is 25.7 Å². The maximum atomic E-state index is 9.14. The van der Waals surface area contributed by atoms with Gasteiger partial charge in [0.15, 0.2) is 0 Å². The Morgan fingerprint density at radius 1 is 1.09 bits per heavy atom. The highest BCUT2D eigenvalue weighted by Crippen LogP contribution is 2.32. The first-order valence-electron chi connectivity index (χ1n) is 9.13. The summed E-state index contributed by atoms with van der Waals surface area (Å²) < 4.78 is 7.45. The minimum atomic E-state index is 0.151. The molecule has 0 aromatic carbocycles. The number of likely N-dealkylation sites (tertiary alicyclic amines) is 1. The first-order chi connectivity index (χ1) is 11.2. The van der Waals surface area contributed by atoms with E-state index in [1.807, 2.05) is 4.68 Å². The topological polar surface area (TPSA) is 50.5 Å². The normalized spacial score (nSPS) is 21.9. The Morgan fingerprint density at radius 2 is 1.74 bits per heavy atom. The van der Waals surface area contributed by atoms with Gasteiger partial charge in [0.1, 0.15) is 0 Å². The van der Waals surface area contributed by atoms with Crippen LogP contribution in [0.2, 0.25) is 0 Å². The molecule has 23 heavy (non-hydrogen) atoms. The molecule has 0 amide bonds. The molecule has 0 aliphatic carbocycles. The maximum Gasteiger partial charge on any atom is 0.0644 e. The van der Waals surface area contributed by atoms with E-state index in [1.165, 1.54) is 50.0 Å². The van der Waals surface area contributed by atoms with Crippen molar-refractivity contribution in [3.05, 3.63) is 17.0 Å². The average Bonchev–Trinajstić information content (AvgIpc) is 2.84. The van der Waals surface area contributed by atoms with Gasteiger partial charge in [-0.15, -0.1) is 0 Å². The number of ether oxygens (including phenoxy) is 1. The number of aromatic nitrogens is 2. The first kappa shape index (κ1) is 16.9. The molecule has 0 bridgehead atoms. The first-order valence-corrected chi connectivity index (χ1v) is 9.13. The number of piperidine rings is 1. The van der Waals surface area contributed by atoms with Crippen molar-refractivity contribution < 1.29 is 9.84 Å². The second-order valence-corrected chi connectivity index (χ2v) is 7.16. The molecule has 0 unspecified atom stereocenters. The molecule has 2 saturated heterocycles. The van der Waals surface area contributed by atoms with Gasteiger partial charge in [-0.2, -0.15) is 5.10 Å². The van der Waals surface area contributed by atoms with Gasteiger partial charge in [0.05, 0.1) is 18.8 Å². The van der Waals surface area contributed by atoms with Crippen molar-refractivity contribution in [3.63, 3.8) is 0 Å². The summed E-state index contributed by atoms with van der Waals surface area (Å²) in [6, 6.07) is 0. The number of aryl methyl sites for hydroxylation is 1. The van der Waals surface area contributed by atoms with Crippen molar-refractivity contribution in [2.24, 2.45) is 11.8 Å². The number of aliphatic hydroxyl groups is 1. The van der Waals surface area contributed by atoms with Crippen molar-refractivity contribution in [2.75, 3.05) is 32.9 Å². The molecule has 0 saturated carbocycles. The van der Waals surface area contributed by atoms with Crippen molar-refractivity contribution in [1.82, 2.24) is 14.7 Å². The van der Waals surface area contributed by atoms with Crippen molar-refractivity contribution in [1.29, 1.82) is 0 Å². The van der Waals surface area contributed by atoms with Gasteiger partial charge < -0.3 is 9.84 Å². The van der Waals surface area contributed by atoms with Gasteiger partial charge in [-0.25, -0.2) is 0 Å². The van der Waals surface area contributed by atoms with E-state index < -0.39 is 0 Å². The second-order valence-electron chi connectivity index (χ2n) is 7.16. The van der Waals surface area contributed by atoms with Crippen LogP contribution in [0.25, 0.3) is 0 Å². The smallest absolute Gasteiger partial charge is 0.0644 e. The summed E-state index contributed by atoms with van der Waals surface area (Å²) in [4.78, 5) is 2.58. The van der Waals surface area contributed by atoms with Gasteiger partial charge in [0, 0.05) is 31.0 Å². The minimum Gasteiger partial charge on any atom is -0.394 e. The number of aliphatic hydroxyl groups excluding tert-OH is 1. The number of hydrogen-bond donors (Lipinski definition) is 1. The quantitative estimate of drug-likeness (QED) is 0.903. The SMILES string of the molecule is Cc1nn(CCO)c(C)c1CN1CCC(C2CCOCC2)CC1. The lowest BCUT2D eigenvalue weighted by Gasteiger charge is -2.37. The number of hydrogen-bond acceptors (Lipinski definition) is 4. The third kappa shape index (κ3) is 3.95. The zero-order chi connectivity index (χ0) is 16.2. The van der Waals surface area contributed by atoms with Crippen molar-refractivity contribution >= 4 is 0 Å². The molecule has 0 radical (unpaired) electrons. The molecule has 2 aliphatic heterocycles. The molecule has 3 heterocycles. The fourth-order valence-corrected chi connectivity index (χ4v) is 4.27. The summed E-state index contributed by atoms with van der Waals surface area (Å²) in [5.41, 5.74) is 3.67. The molecule has 3 rings (SSSR count).